The maximum absolute atomic E-state index is 13.1. The van der Waals surface area contributed by atoms with Crippen LogP contribution in [-0.4, -0.2) is 34.6 Å². The Morgan fingerprint density at radius 3 is 2.50 bits per heavy atom. The number of Topliss-reactive ketones (excluding diaryl/α,β-unsaturated/α-hetero) is 1. The van der Waals surface area contributed by atoms with Crippen molar-refractivity contribution in [1.29, 1.82) is 0 Å². The van der Waals surface area contributed by atoms with Crippen LogP contribution in [0.15, 0.2) is 60.8 Å². The van der Waals surface area contributed by atoms with E-state index in [1.165, 1.54) is 6.92 Å². The Bertz CT molecular complexity index is 1030. The predicted molar refractivity (Wildman–Crippen MR) is 120 cm³/mol. The molecule has 0 saturated carbocycles. The van der Waals surface area contributed by atoms with Crippen molar-refractivity contribution in [2.75, 3.05) is 18.4 Å². The minimum Gasteiger partial charge on any atom is -0.322 e. The van der Waals surface area contributed by atoms with Gasteiger partial charge in [0.25, 0.3) is 5.91 Å². The topological polar surface area (TPSA) is 76.0 Å². The Balaban J connectivity index is 0.00000256. The van der Waals surface area contributed by atoms with E-state index in [0.717, 1.165) is 37.3 Å². The first-order valence-electron chi connectivity index (χ1n) is 9.90. The van der Waals surface area contributed by atoms with Crippen LogP contribution < -0.4 is 10.6 Å². The molecular weight excluding hydrogens is 400 g/mol. The van der Waals surface area contributed by atoms with Gasteiger partial charge in [-0.05, 0) is 57.1 Å². The number of hydrogen-bond acceptors (Lipinski definition) is 4. The molecule has 7 heteroatoms. The van der Waals surface area contributed by atoms with Gasteiger partial charge in [-0.15, -0.1) is 12.4 Å². The molecule has 2 aromatic carbocycles. The van der Waals surface area contributed by atoms with E-state index >= 15 is 0 Å². The molecule has 0 aliphatic carbocycles. The van der Waals surface area contributed by atoms with Crippen molar-refractivity contribution >= 4 is 29.8 Å². The highest BCUT2D eigenvalue weighted by atomic mass is 35.5. The number of ketones is 1. The molecule has 1 aromatic heterocycles. The van der Waals surface area contributed by atoms with Crippen LogP contribution in [0.5, 0.6) is 0 Å². The quantitative estimate of drug-likeness (QED) is 0.601. The third-order valence-corrected chi connectivity index (χ3v) is 5.30. The van der Waals surface area contributed by atoms with Crippen LogP contribution in [0.2, 0.25) is 0 Å². The van der Waals surface area contributed by atoms with E-state index in [1.54, 1.807) is 30.5 Å². The average Bonchev–Trinajstić information content (AvgIpc) is 3.20. The molecular formula is C23H25ClN4O2. The molecule has 1 fully saturated rings. The highest BCUT2D eigenvalue weighted by molar-refractivity contribution is 6.06. The number of halogens is 1. The molecule has 2 N–H and O–H groups in total. The molecule has 156 valence electrons. The summed E-state index contributed by atoms with van der Waals surface area (Å²) in [6.07, 6.45) is 3.56. The molecule has 0 bridgehead atoms. The number of para-hydroxylation sites is 1. The summed E-state index contributed by atoms with van der Waals surface area (Å²) in [6.45, 7) is 3.36. The van der Waals surface area contributed by atoms with Crippen molar-refractivity contribution in [3.63, 3.8) is 0 Å². The fourth-order valence-electron chi connectivity index (χ4n) is 3.81. The van der Waals surface area contributed by atoms with Gasteiger partial charge in [-0.1, -0.05) is 30.3 Å². The summed E-state index contributed by atoms with van der Waals surface area (Å²) in [6, 6.07) is 16.9. The van der Waals surface area contributed by atoms with Crippen LogP contribution in [0, 0.1) is 0 Å². The number of amides is 1. The van der Waals surface area contributed by atoms with Crippen LogP contribution in [0.3, 0.4) is 0 Å². The summed E-state index contributed by atoms with van der Waals surface area (Å²) >= 11 is 0. The zero-order chi connectivity index (χ0) is 20.2. The predicted octanol–water partition coefficient (Wildman–Crippen LogP) is 4.22. The molecule has 30 heavy (non-hydrogen) atoms. The van der Waals surface area contributed by atoms with Crippen LogP contribution >= 0.6 is 12.4 Å². The first kappa shape index (κ1) is 21.7. The largest absolute Gasteiger partial charge is 0.322 e. The Hall–Kier alpha value is -2.96. The standard InChI is InChI=1S/C23H24N4O2.ClH/c1-16(28)18-6-5-7-19(14-18)26-23(29)21-15-25-27(20-8-3-2-4-9-20)22(21)17-10-12-24-13-11-17;/h2-9,14-15,17,24H,10-13H2,1H3,(H,26,29);1H. The Labute approximate surface area is 182 Å². The molecule has 0 radical (unpaired) electrons. The second kappa shape index (κ2) is 9.69. The highest BCUT2D eigenvalue weighted by Gasteiger charge is 2.27. The van der Waals surface area contributed by atoms with Gasteiger partial charge < -0.3 is 10.6 Å². The van der Waals surface area contributed by atoms with E-state index < -0.39 is 0 Å². The van der Waals surface area contributed by atoms with Gasteiger partial charge in [-0.3, -0.25) is 9.59 Å². The summed E-state index contributed by atoms with van der Waals surface area (Å²) in [7, 11) is 0. The summed E-state index contributed by atoms with van der Waals surface area (Å²) in [5.41, 5.74) is 3.64. The normalized spacial score (nSPS) is 14.0. The first-order valence-corrected chi connectivity index (χ1v) is 9.90. The van der Waals surface area contributed by atoms with Gasteiger partial charge in [0.1, 0.15) is 0 Å². The third kappa shape index (κ3) is 4.61. The number of rotatable bonds is 5. The Morgan fingerprint density at radius 2 is 1.80 bits per heavy atom. The van der Waals surface area contributed by atoms with E-state index in [2.05, 4.69) is 15.7 Å². The van der Waals surface area contributed by atoms with Gasteiger partial charge in [0.15, 0.2) is 5.78 Å². The lowest BCUT2D eigenvalue weighted by molar-refractivity contribution is 0.101. The van der Waals surface area contributed by atoms with Crippen molar-refractivity contribution in [2.45, 2.75) is 25.7 Å². The van der Waals surface area contributed by atoms with E-state index in [-0.39, 0.29) is 30.0 Å². The summed E-state index contributed by atoms with van der Waals surface area (Å²) in [5.74, 6) is 0.0121. The fraction of sp³-hybridized carbons (Fsp3) is 0.261. The molecule has 0 atom stereocenters. The molecule has 3 aromatic rings. The number of carbonyl (C=O) groups excluding carboxylic acids is 2. The van der Waals surface area contributed by atoms with Crippen molar-refractivity contribution in [3.8, 4) is 5.69 Å². The molecule has 0 unspecified atom stereocenters. The van der Waals surface area contributed by atoms with Gasteiger partial charge in [0.2, 0.25) is 0 Å². The number of benzene rings is 2. The molecule has 0 spiro atoms. The van der Waals surface area contributed by atoms with Crippen LogP contribution in [0.1, 0.15) is 52.1 Å². The molecule has 6 nitrogen and oxygen atoms in total. The van der Waals surface area contributed by atoms with Crippen LogP contribution in [0.25, 0.3) is 5.69 Å². The number of piperidine rings is 1. The van der Waals surface area contributed by atoms with E-state index in [0.29, 0.717) is 16.8 Å². The molecule has 1 saturated heterocycles. The summed E-state index contributed by atoms with van der Waals surface area (Å²) in [4.78, 5) is 24.8. The van der Waals surface area contributed by atoms with Gasteiger partial charge in [0, 0.05) is 17.2 Å². The minimum atomic E-state index is -0.207. The zero-order valence-electron chi connectivity index (χ0n) is 16.8. The maximum Gasteiger partial charge on any atom is 0.259 e. The zero-order valence-corrected chi connectivity index (χ0v) is 17.6. The smallest absolute Gasteiger partial charge is 0.259 e. The lowest BCUT2D eigenvalue weighted by atomic mass is 9.91. The second-order valence-corrected chi connectivity index (χ2v) is 7.31. The Kier molecular flexibility index (Phi) is 7.03. The molecule has 1 amide bonds. The van der Waals surface area contributed by atoms with Crippen LogP contribution in [0.4, 0.5) is 5.69 Å². The molecule has 1 aliphatic heterocycles. The van der Waals surface area contributed by atoms with Crippen molar-refractivity contribution in [1.82, 2.24) is 15.1 Å². The number of nitrogens with one attached hydrogen (secondary N) is 2. The number of anilines is 1. The summed E-state index contributed by atoms with van der Waals surface area (Å²) < 4.78 is 1.89. The van der Waals surface area contributed by atoms with E-state index in [4.69, 9.17) is 0 Å². The number of carbonyl (C=O) groups is 2. The van der Waals surface area contributed by atoms with E-state index in [9.17, 15) is 9.59 Å². The van der Waals surface area contributed by atoms with Gasteiger partial charge in [-0.2, -0.15) is 5.10 Å². The third-order valence-electron chi connectivity index (χ3n) is 5.30. The first-order chi connectivity index (χ1) is 14.1. The lowest BCUT2D eigenvalue weighted by Crippen LogP contribution is -2.29. The minimum absolute atomic E-state index is 0. The number of aromatic nitrogens is 2. The van der Waals surface area contributed by atoms with Gasteiger partial charge >= 0.3 is 0 Å². The van der Waals surface area contributed by atoms with E-state index in [1.807, 2.05) is 35.0 Å². The lowest BCUT2D eigenvalue weighted by Gasteiger charge is -2.24. The monoisotopic (exact) mass is 424 g/mol. The number of nitrogens with zero attached hydrogens (tertiary/aromatic N) is 2. The summed E-state index contributed by atoms with van der Waals surface area (Å²) in [5, 5.41) is 10.9. The average molecular weight is 425 g/mol. The van der Waals surface area contributed by atoms with Crippen molar-refractivity contribution < 1.29 is 9.59 Å². The van der Waals surface area contributed by atoms with Crippen molar-refractivity contribution in [2.24, 2.45) is 0 Å². The van der Waals surface area contributed by atoms with Gasteiger partial charge in [0.05, 0.1) is 23.1 Å². The SMILES string of the molecule is CC(=O)c1cccc(NC(=O)c2cnn(-c3ccccc3)c2C2CCNCC2)c1.Cl. The van der Waals surface area contributed by atoms with Crippen molar-refractivity contribution in [3.05, 3.63) is 77.6 Å². The number of hydrogen-bond donors (Lipinski definition) is 2. The molecule has 1 aliphatic rings. The van der Waals surface area contributed by atoms with Gasteiger partial charge in [-0.25, -0.2) is 4.68 Å². The fourth-order valence-corrected chi connectivity index (χ4v) is 3.81. The van der Waals surface area contributed by atoms with Crippen LogP contribution in [-0.2, 0) is 0 Å². The molecule has 4 rings (SSSR count). The molecule has 2 heterocycles. The maximum atomic E-state index is 13.1. The highest BCUT2D eigenvalue weighted by Crippen LogP contribution is 2.30. The second-order valence-electron chi connectivity index (χ2n) is 7.31. The Morgan fingerprint density at radius 1 is 1.07 bits per heavy atom.